The van der Waals surface area contributed by atoms with Gasteiger partial charge in [-0.3, -0.25) is 4.79 Å². The van der Waals surface area contributed by atoms with Crippen molar-refractivity contribution < 1.29 is 18.0 Å². The fourth-order valence-corrected chi connectivity index (χ4v) is 2.06. The van der Waals surface area contributed by atoms with Gasteiger partial charge in [-0.25, -0.2) is 0 Å². The van der Waals surface area contributed by atoms with Crippen LogP contribution in [0.2, 0.25) is 5.02 Å². The summed E-state index contributed by atoms with van der Waals surface area (Å²) in [4.78, 5) is 12.4. The maximum absolute atomic E-state index is 12.7. The summed E-state index contributed by atoms with van der Waals surface area (Å²) in [5.74, 6) is -0.621. The monoisotopic (exact) mass is 357 g/mol. The quantitative estimate of drug-likeness (QED) is 0.745. The first-order chi connectivity index (χ1) is 8.75. The van der Waals surface area contributed by atoms with Gasteiger partial charge in [0, 0.05) is 11.6 Å². The summed E-state index contributed by atoms with van der Waals surface area (Å²) in [6, 6.07) is 4.57. The van der Waals surface area contributed by atoms with Crippen LogP contribution in [0.4, 0.5) is 13.2 Å². The van der Waals surface area contributed by atoms with Gasteiger partial charge >= 0.3 is 6.18 Å². The molecule has 0 aliphatic heterocycles. The van der Waals surface area contributed by atoms with Gasteiger partial charge in [0.15, 0.2) is 0 Å². The van der Waals surface area contributed by atoms with Crippen molar-refractivity contribution >= 4 is 33.4 Å². The Morgan fingerprint density at radius 2 is 2.11 bits per heavy atom. The Kier molecular flexibility index (Phi) is 5.67. The third kappa shape index (κ3) is 4.69. The molecule has 1 atom stereocenters. The van der Waals surface area contributed by atoms with Gasteiger partial charge in [-0.05, 0) is 24.6 Å². The summed E-state index contributed by atoms with van der Waals surface area (Å²) in [5.41, 5.74) is 0.554. The van der Waals surface area contributed by atoms with Crippen molar-refractivity contribution in [3.63, 3.8) is 0 Å². The molecule has 0 saturated carbocycles. The Morgan fingerprint density at radius 3 is 2.58 bits per heavy atom. The van der Waals surface area contributed by atoms with Crippen LogP contribution in [0.15, 0.2) is 24.3 Å². The Bertz CT molecular complexity index is 453. The van der Waals surface area contributed by atoms with E-state index in [1.165, 1.54) is 0 Å². The van der Waals surface area contributed by atoms with Crippen LogP contribution < -0.4 is 0 Å². The summed E-state index contributed by atoms with van der Waals surface area (Å²) in [7, 11) is 0. The highest BCUT2D eigenvalue weighted by molar-refractivity contribution is 9.09. The molecule has 0 radical (unpaired) electrons. The first-order valence-electron chi connectivity index (χ1n) is 5.42. The zero-order chi connectivity index (χ0) is 14.6. The Balaban J connectivity index is 2.96. The predicted octanol–water partition coefficient (Wildman–Crippen LogP) is 4.01. The molecule has 0 N–H and O–H groups in total. The molecule has 0 saturated heterocycles. The van der Waals surface area contributed by atoms with Gasteiger partial charge in [0.1, 0.15) is 6.04 Å². The van der Waals surface area contributed by atoms with Crippen LogP contribution in [-0.4, -0.2) is 28.4 Å². The average Bonchev–Trinajstić information content (AvgIpc) is 2.33. The molecular weight excluding hydrogens is 346 g/mol. The van der Waals surface area contributed by atoms with Crippen LogP contribution in [-0.2, 0) is 11.3 Å². The number of rotatable bonds is 4. The minimum Gasteiger partial charge on any atom is -0.326 e. The molecule has 0 spiro atoms. The Labute approximate surface area is 122 Å². The van der Waals surface area contributed by atoms with E-state index in [0.717, 1.165) is 11.8 Å². The number of amides is 1. The molecule has 0 aliphatic rings. The highest BCUT2D eigenvalue weighted by Crippen LogP contribution is 2.26. The molecule has 1 rings (SSSR count). The summed E-state index contributed by atoms with van der Waals surface area (Å²) < 4.78 is 38.2. The standard InChI is InChI=1S/C12H12BrClF3NO/c1-8(12(15,16)17)18(11(19)6-13)7-9-3-2-4-10(14)5-9/h2-5,8H,6-7H2,1H3/t8-/m0/s1. The summed E-state index contributed by atoms with van der Waals surface area (Å²) >= 11 is 8.67. The van der Waals surface area contributed by atoms with Gasteiger partial charge in [0.05, 0.1) is 5.33 Å². The lowest BCUT2D eigenvalue weighted by Gasteiger charge is -2.30. The van der Waals surface area contributed by atoms with Crippen molar-refractivity contribution in [1.82, 2.24) is 4.90 Å². The van der Waals surface area contributed by atoms with Gasteiger partial charge in [-0.15, -0.1) is 0 Å². The number of hydrogen-bond donors (Lipinski definition) is 0. The van der Waals surface area contributed by atoms with E-state index < -0.39 is 18.1 Å². The molecule has 1 amide bonds. The SMILES string of the molecule is C[C@H](N(Cc1cccc(Cl)c1)C(=O)CBr)C(F)(F)F. The number of nitrogens with zero attached hydrogens (tertiary/aromatic N) is 1. The van der Waals surface area contributed by atoms with E-state index in [2.05, 4.69) is 15.9 Å². The van der Waals surface area contributed by atoms with E-state index in [1.54, 1.807) is 24.3 Å². The topological polar surface area (TPSA) is 20.3 Å². The third-order valence-electron chi connectivity index (χ3n) is 2.62. The maximum Gasteiger partial charge on any atom is 0.408 e. The Hall–Kier alpha value is -0.750. The van der Waals surface area contributed by atoms with Crippen LogP contribution >= 0.6 is 27.5 Å². The second-order valence-electron chi connectivity index (χ2n) is 4.00. The van der Waals surface area contributed by atoms with E-state index in [-0.39, 0.29) is 11.9 Å². The van der Waals surface area contributed by atoms with E-state index >= 15 is 0 Å². The summed E-state index contributed by atoms with van der Waals surface area (Å²) in [6.45, 7) is 0.830. The van der Waals surface area contributed by atoms with Gasteiger partial charge in [0.2, 0.25) is 5.91 Å². The molecule has 0 bridgehead atoms. The fourth-order valence-electron chi connectivity index (χ4n) is 1.53. The van der Waals surface area contributed by atoms with Crippen LogP contribution in [0.1, 0.15) is 12.5 Å². The minimum absolute atomic E-state index is 0.133. The fraction of sp³-hybridized carbons (Fsp3) is 0.417. The molecule has 0 aromatic heterocycles. The molecule has 2 nitrogen and oxygen atoms in total. The molecule has 0 heterocycles. The highest BCUT2D eigenvalue weighted by atomic mass is 79.9. The first kappa shape index (κ1) is 16.3. The van der Waals surface area contributed by atoms with Crippen molar-refractivity contribution in [2.75, 3.05) is 5.33 Å². The third-order valence-corrected chi connectivity index (χ3v) is 3.33. The maximum atomic E-state index is 12.7. The number of alkyl halides is 4. The van der Waals surface area contributed by atoms with Crippen molar-refractivity contribution in [2.45, 2.75) is 25.7 Å². The molecule has 0 fully saturated rings. The molecule has 7 heteroatoms. The zero-order valence-corrected chi connectivity index (χ0v) is 12.4. The number of benzene rings is 1. The normalized spacial score (nSPS) is 13.2. The van der Waals surface area contributed by atoms with Gasteiger partial charge in [-0.2, -0.15) is 13.2 Å². The van der Waals surface area contributed by atoms with Gasteiger partial charge in [-0.1, -0.05) is 39.7 Å². The van der Waals surface area contributed by atoms with Crippen molar-refractivity contribution in [2.24, 2.45) is 0 Å². The number of carbonyl (C=O) groups excluding carboxylic acids is 1. The molecule has 1 aromatic rings. The number of carbonyl (C=O) groups is 1. The molecular formula is C12H12BrClF3NO. The van der Waals surface area contributed by atoms with Crippen molar-refractivity contribution in [3.05, 3.63) is 34.9 Å². The predicted molar refractivity (Wildman–Crippen MR) is 71.3 cm³/mol. The first-order valence-corrected chi connectivity index (χ1v) is 6.92. The van der Waals surface area contributed by atoms with Crippen molar-refractivity contribution in [3.8, 4) is 0 Å². The second-order valence-corrected chi connectivity index (χ2v) is 5.00. The number of hydrogen-bond acceptors (Lipinski definition) is 1. The van der Waals surface area contributed by atoms with Crippen LogP contribution in [0.3, 0.4) is 0 Å². The van der Waals surface area contributed by atoms with Gasteiger partial charge < -0.3 is 4.90 Å². The minimum atomic E-state index is -4.46. The van der Waals surface area contributed by atoms with E-state index in [1.807, 2.05) is 0 Å². The zero-order valence-electron chi connectivity index (χ0n) is 10.0. The van der Waals surface area contributed by atoms with E-state index in [0.29, 0.717) is 10.6 Å². The second kappa shape index (κ2) is 6.61. The lowest BCUT2D eigenvalue weighted by atomic mass is 10.1. The summed E-state index contributed by atoms with van der Waals surface area (Å²) in [5, 5.41) is 0.261. The van der Waals surface area contributed by atoms with Crippen molar-refractivity contribution in [1.29, 1.82) is 0 Å². The molecule has 0 aliphatic carbocycles. The highest BCUT2D eigenvalue weighted by Gasteiger charge is 2.41. The Morgan fingerprint density at radius 1 is 1.47 bits per heavy atom. The molecule has 19 heavy (non-hydrogen) atoms. The summed E-state index contributed by atoms with van der Waals surface area (Å²) in [6.07, 6.45) is -4.46. The molecule has 0 unspecified atom stereocenters. The number of halogens is 5. The van der Waals surface area contributed by atoms with Crippen LogP contribution in [0.5, 0.6) is 0 Å². The van der Waals surface area contributed by atoms with E-state index in [4.69, 9.17) is 11.6 Å². The van der Waals surface area contributed by atoms with Gasteiger partial charge in [0.25, 0.3) is 0 Å². The lowest BCUT2D eigenvalue weighted by Crippen LogP contribution is -2.47. The van der Waals surface area contributed by atoms with Crippen LogP contribution in [0, 0.1) is 0 Å². The molecule has 1 aromatic carbocycles. The smallest absolute Gasteiger partial charge is 0.326 e. The molecule has 106 valence electrons. The average molecular weight is 359 g/mol. The lowest BCUT2D eigenvalue weighted by molar-refractivity contribution is -0.186. The van der Waals surface area contributed by atoms with Crippen LogP contribution in [0.25, 0.3) is 0 Å². The van der Waals surface area contributed by atoms with E-state index in [9.17, 15) is 18.0 Å². The largest absolute Gasteiger partial charge is 0.408 e.